The molecule has 0 spiro atoms. The van der Waals surface area contributed by atoms with Crippen LogP contribution in [0.5, 0.6) is 0 Å². The molecule has 0 aliphatic carbocycles. The molecule has 10 aromatic rings. The number of fused-ring (bicyclic) bond motifs is 3. The van der Waals surface area contributed by atoms with E-state index in [-0.39, 0.29) is 0 Å². The molecule has 0 aliphatic rings. The van der Waals surface area contributed by atoms with Gasteiger partial charge in [0.25, 0.3) is 0 Å². The van der Waals surface area contributed by atoms with Crippen LogP contribution in [0.3, 0.4) is 0 Å². The fourth-order valence-corrected chi connectivity index (χ4v) is 8.15. The molecule has 58 heavy (non-hydrogen) atoms. The Balaban J connectivity index is 1.19. The average molecular weight is 745 g/mol. The average Bonchev–Trinajstić information content (AvgIpc) is 3.63. The third-order valence-corrected chi connectivity index (χ3v) is 10.7. The van der Waals surface area contributed by atoms with Crippen molar-refractivity contribution < 1.29 is 0 Å². The minimum atomic E-state index is 1.05. The zero-order chi connectivity index (χ0) is 38.7. The van der Waals surface area contributed by atoms with Crippen molar-refractivity contribution in [2.75, 3.05) is 14.7 Å². The van der Waals surface area contributed by atoms with Gasteiger partial charge in [0.15, 0.2) is 0 Å². The maximum atomic E-state index is 2.39. The Labute approximate surface area is 339 Å². The summed E-state index contributed by atoms with van der Waals surface area (Å²) in [6, 6.07) is 86.4. The second-order valence-corrected chi connectivity index (χ2v) is 14.3. The first-order valence-electron chi connectivity index (χ1n) is 19.7. The van der Waals surface area contributed by atoms with E-state index in [4.69, 9.17) is 0 Å². The molecule has 0 bridgehead atoms. The lowest BCUT2D eigenvalue weighted by Crippen LogP contribution is -2.14. The molecule has 10 rings (SSSR count). The topological polar surface area (TPSA) is 14.7 Å². The van der Waals surface area contributed by atoms with Crippen molar-refractivity contribution in [2.45, 2.75) is 0 Å². The van der Waals surface area contributed by atoms with E-state index in [1.165, 1.54) is 16.3 Å². The zero-order valence-electron chi connectivity index (χ0n) is 31.9. The van der Waals surface area contributed by atoms with Crippen molar-refractivity contribution in [2.24, 2.45) is 0 Å². The molecule has 0 saturated heterocycles. The highest BCUT2D eigenvalue weighted by Gasteiger charge is 2.21. The van der Waals surface area contributed by atoms with Crippen LogP contribution in [0.25, 0.3) is 27.5 Å². The largest absolute Gasteiger partial charge is 0.310 e. The van der Waals surface area contributed by atoms with E-state index in [1.807, 2.05) is 0 Å². The molecule has 4 heteroatoms. The Bertz CT molecular complexity index is 2740. The normalized spacial score (nSPS) is 11.1. The fourth-order valence-electron chi connectivity index (χ4n) is 8.15. The first-order valence-corrected chi connectivity index (χ1v) is 19.7. The van der Waals surface area contributed by atoms with Gasteiger partial charge in [-0.1, -0.05) is 121 Å². The van der Waals surface area contributed by atoms with Crippen LogP contribution in [0.15, 0.2) is 243 Å². The third kappa shape index (κ3) is 6.53. The van der Waals surface area contributed by atoms with Crippen molar-refractivity contribution in [3.63, 3.8) is 0 Å². The molecule has 0 radical (unpaired) electrons. The fraction of sp³-hybridized carbons (Fsp3) is 0. The summed E-state index contributed by atoms with van der Waals surface area (Å²) in [6.07, 6.45) is 0. The molecular formula is C54H40N4. The van der Waals surface area contributed by atoms with Gasteiger partial charge >= 0.3 is 0 Å². The van der Waals surface area contributed by atoms with Gasteiger partial charge < -0.3 is 19.3 Å². The summed E-state index contributed by atoms with van der Waals surface area (Å²) in [7, 11) is 0. The molecule has 0 amide bonds. The molecule has 276 valence electrons. The van der Waals surface area contributed by atoms with Crippen LogP contribution in [0.4, 0.5) is 51.2 Å². The van der Waals surface area contributed by atoms with Gasteiger partial charge in [-0.2, -0.15) is 0 Å². The van der Waals surface area contributed by atoms with E-state index in [0.29, 0.717) is 0 Å². The highest BCUT2D eigenvalue weighted by Crippen LogP contribution is 2.44. The van der Waals surface area contributed by atoms with Crippen LogP contribution in [0.1, 0.15) is 0 Å². The minimum absolute atomic E-state index is 1.05. The molecule has 1 aromatic heterocycles. The van der Waals surface area contributed by atoms with Crippen molar-refractivity contribution in [3.05, 3.63) is 243 Å². The van der Waals surface area contributed by atoms with E-state index in [0.717, 1.165) is 62.4 Å². The number of rotatable bonds is 10. The second-order valence-electron chi connectivity index (χ2n) is 14.3. The Morgan fingerprint density at radius 3 is 1.00 bits per heavy atom. The molecule has 0 unspecified atom stereocenters. The van der Waals surface area contributed by atoms with Gasteiger partial charge in [0, 0.05) is 67.6 Å². The van der Waals surface area contributed by atoms with Crippen molar-refractivity contribution >= 4 is 73.0 Å². The third-order valence-electron chi connectivity index (χ3n) is 10.7. The van der Waals surface area contributed by atoms with Crippen LogP contribution < -0.4 is 14.7 Å². The highest BCUT2D eigenvalue weighted by atomic mass is 15.2. The molecule has 4 nitrogen and oxygen atoms in total. The van der Waals surface area contributed by atoms with Gasteiger partial charge in [0.2, 0.25) is 0 Å². The number of nitrogens with zero attached hydrogens (tertiary/aromatic N) is 4. The van der Waals surface area contributed by atoms with Gasteiger partial charge in [-0.25, -0.2) is 0 Å². The van der Waals surface area contributed by atoms with Crippen LogP contribution in [0, 0.1) is 0 Å². The van der Waals surface area contributed by atoms with Crippen LogP contribution >= 0.6 is 0 Å². The summed E-state index contributed by atoms with van der Waals surface area (Å²) in [6.45, 7) is 0. The van der Waals surface area contributed by atoms with E-state index in [9.17, 15) is 0 Å². The number of anilines is 9. The first kappa shape index (κ1) is 34.7. The molecule has 0 N–H and O–H groups in total. The molecule has 0 saturated carbocycles. The number of benzene rings is 9. The predicted octanol–water partition coefficient (Wildman–Crippen LogP) is 15.2. The van der Waals surface area contributed by atoms with E-state index in [1.54, 1.807) is 0 Å². The number of para-hydroxylation sites is 6. The van der Waals surface area contributed by atoms with Crippen LogP contribution in [-0.2, 0) is 0 Å². The number of aromatic nitrogens is 1. The van der Waals surface area contributed by atoms with Crippen molar-refractivity contribution in [1.29, 1.82) is 0 Å². The van der Waals surface area contributed by atoms with Crippen molar-refractivity contribution in [3.8, 4) is 5.69 Å². The minimum Gasteiger partial charge on any atom is -0.310 e. The van der Waals surface area contributed by atoms with Gasteiger partial charge in [-0.15, -0.1) is 0 Å². The summed E-state index contributed by atoms with van der Waals surface area (Å²) >= 11 is 0. The number of hydrogen-bond donors (Lipinski definition) is 0. The summed E-state index contributed by atoms with van der Waals surface area (Å²) in [5, 5.41) is 2.41. The lowest BCUT2D eigenvalue weighted by molar-refractivity contribution is 1.18. The second kappa shape index (κ2) is 15.4. The monoisotopic (exact) mass is 744 g/mol. The van der Waals surface area contributed by atoms with Gasteiger partial charge in [0.1, 0.15) is 0 Å². The Morgan fingerprint density at radius 1 is 0.224 bits per heavy atom. The van der Waals surface area contributed by atoms with Crippen molar-refractivity contribution in [1.82, 2.24) is 4.57 Å². The smallest absolute Gasteiger partial charge is 0.0542 e. The number of hydrogen-bond acceptors (Lipinski definition) is 3. The molecule has 9 aromatic carbocycles. The maximum absolute atomic E-state index is 2.39. The Morgan fingerprint density at radius 2 is 0.552 bits per heavy atom. The summed E-state index contributed by atoms with van der Waals surface area (Å²) in [5.74, 6) is 0. The highest BCUT2D eigenvalue weighted by molar-refractivity contribution is 6.10. The molecular weight excluding hydrogens is 705 g/mol. The molecule has 0 atom stereocenters. The predicted molar refractivity (Wildman–Crippen MR) is 245 cm³/mol. The Kier molecular flexibility index (Phi) is 9.18. The first-order chi connectivity index (χ1) is 28.8. The van der Waals surface area contributed by atoms with Gasteiger partial charge in [-0.05, 0) is 121 Å². The lowest BCUT2D eigenvalue weighted by Gasteiger charge is -2.31. The van der Waals surface area contributed by atoms with E-state index >= 15 is 0 Å². The summed E-state index contributed by atoms with van der Waals surface area (Å²) < 4.78 is 2.37. The summed E-state index contributed by atoms with van der Waals surface area (Å²) in [5.41, 5.74) is 13.1. The molecule has 0 fully saturated rings. The molecule has 0 aliphatic heterocycles. The quantitative estimate of drug-likeness (QED) is 0.139. The Hall–Kier alpha value is -7.82. The lowest BCUT2D eigenvalue weighted by atomic mass is 10.1. The van der Waals surface area contributed by atoms with Crippen LogP contribution in [0.2, 0.25) is 0 Å². The standard InChI is InChI=1S/C54H40N4/c1-6-20-41(21-7-1)55(42-22-8-2-9-23-42)46-30-18-32-48(38-46)57(49-33-19-31-47(39-49)56(43-24-10-3-11-25-43)44-26-12-4-13-27-44)50-36-37-54-52(40-50)51-34-16-17-35-53(51)58(54)45-28-14-5-15-29-45/h1-40H. The maximum Gasteiger partial charge on any atom is 0.0542 e. The van der Waals surface area contributed by atoms with Gasteiger partial charge in [-0.3, -0.25) is 0 Å². The van der Waals surface area contributed by atoms with Crippen LogP contribution in [-0.4, -0.2) is 4.57 Å². The SMILES string of the molecule is c1ccc(N(c2ccccc2)c2cccc(N(c3cccc(N(c4ccccc4)c4ccccc4)c3)c3ccc4c(c3)c3ccccc3n4-c3ccccc3)c2)cc1. The molecule has 1 heterocycles. The zero-order valence-corrected chi connectivity index (χ0v) is 31.9. The van der Waals surface area contributed by atoms with E-state index in [2.05, 4.69) is 262 Å². The van der Waals surface area contributed by atoms with Gasteiger partial charge in [0.05, 0.1) is 11.0 Å². The van der Waals surface area contributed by atoms with E-state index < -0.39 is 0 Å². The summed E-state index contributed by atoms with van der Waals surface area (Å²) in [4.78, 5) is 7.03.